The van der Waals surface area contributed by atoms with Gasteiger partial charge in [0.25, 0.3) is 0 Å². The van der Waals surface area contributed by atoms with Crippen LogP contribution in [0.5, 0.6) is 0 Å². The predicted octanol–water partition coefficient (Wildman–Crippen LogP) is 3.46. The number of fused-ring (bicyclic) bond motifs is 5. The smallest absolute Gasteiger partial charge is 0.244 e. The fraction of sp³-hybridized carbons (Fsp3) is 0.458. The van der Waals surface area contributed by atoms with E-state index in [1.54, 1.807) is 18.2 Å². The molecule has 3 fully saturated rings. The molecule has 1 aromatic rings. The zero-order valence-corrected chi connectivity index (χ0v) is 16.4. The minimum absolute atomic E-state index is 0.0759. The fourth-order valence-electron chi connectivity index (χ4n) is 5.59. The van der Waals surface area contributed by atoms with Crippen LogP contribution in [0.15, 0.2) is 42.5 Å². The summed E-state index contributed by atoms with van der Waals surface area (Å²) in [5, 5.41) is 3.07. The first kappa shape index (κ1) is 18.3. The van der Waals surface area contributed by atoms with Gasteiger partial charge in [-0.25, -0.2) is 4.90 Å². The molecule has 1 N–H and O–H groups in total. The number of allylic oxidation sites excluding steroid dienone is 2. The number of carbonyl (C=O) groups excluding carboxylic acids is 3. The number of rotatable bonds is 4. The Balaban J connectivity index is 1.29. The highest BCUT2D eigenvalue weighted by molar-refractivity contribution is 6.22. The van der Waals surface area contributed by atoms with Crippen LogP contribution in [0.3, 0.4) is 0 Å². The molecule has 2 saturated carbocycles. The van der Waals surface area contributed by atoms with E-state index in [2.05, 4.69) is 17.5 Å². The molecule has 0 unspecified atom stereocenters. The van der Waals surface area contributed by atoms with Crippen LogP contribution in [0.25, 0.3) is 6.08 Å². The molecule has 0 radical (unpaired) electrons. The van der Waals surface area contributed by atoms with Crippen LogP contribution in [-0.4, -0.2) is 23.8 Å². The number of carbonyl (C=O) groups is 3. The third-order valence-electron chi connectivity index (χ3n) is 6.98. The van der Waals surface area contributed by atoms with Crippen LogP contribution in [0, 0.1) is 23.7 Å². The average Bonchev–Trinajstić information content (AvgIpc) is 3.41. The Morgan fingerprint density at radius 3 is 2.38 bits per heavy atom. The van der Waals surface area contributed by atoms with Gasteiger partial charge in [-0.1, -0.05) is 43.5 Å². The van der Waals surface area contributed by atoms with Gasteiger partial charge in [0.1, 0.15) is 0 Å². The first-order valence-electron chi connectivity index (χ1n) is 10.8. The van der Waals surface area contributed by atoms with Gasteiger partial charge in [0.15, 0.2) is 0 Å². The standard InChI is InChI=1S/C24H26N2O3/c27-20(25-18-6-2-1-3-7-18)12-9-15-5-4-8-19(13-15)26-23(28)21-16-10-11-17(14-16)22(21)24(26)29/h4-5,8-13,16-18,21-22H,1-3,6-7,14H2,(H,25,27)/b12-9+/t16-,17+,21+,22-. The van der Waals surface area contributed by atoms with Crippen LogP contribution >= 0.6 is 0 Å². The summed E-state index contributed by atoms with van der Waals surface area (Å²) in [5.74, 6) is -0.221. The monoisotopic (exact) mass is 390 g/mol. The lowest BCUT2D eigenvalue weighted by molar-refractivity contribution is -0.123. The zero-order valence-electron chi connectivity index (χ0n) is 16.4. The van der Waals surface area contributed by atoms with Crippen molar-refractivity contribution in [1.82, 2.24) is 5.32 Å². The zero-order chi connectivity index (χ0) is 20.0. The Morgan fingerprint density at radius 2 is 1.69 bits per heavy atom. The lowest BCUT2D eigenvalue weighted by atomic mass is 9.85. The Hall–Kier alpha value is -2.69. The number of hydrogen-bond donors (Lipinski definition) is 1. The van der Waals surface area contributed by atoms with E-state index in [4.69, 9.17) is 0 Å². The van der Waals surface area contributed by atoms with E-state index in [9.17, 15) is 14.4 Å². The molecule has 1 aliphatic heterocycles. The number of imide groups is 1. The second kappa shape index (κ2) is 7.29. The predicted molar refractivity (Wildman–Crippen MR) is 111 cm³/mol. The number of benzene rings is 1. The molecule has 5 nitrogen and oxygen atoms in total. The topological polar surface area (TPSA) is 66.5 Å². The first-order chi connectivity index (χ1) is 14.1. The molecule has 1 aromatic carbocycles. The summed E-state index contributed by atoms with van der Waals surface area (Å²) in [6, 6.07) is 7.60. The lowest BCUT2D eigenvalue weighted by Gasteiger charge is -2.21. The van der Waals surface area contributed by atoms with Gasteiger partial charge in [-0.15, -0.1) is 0 Å². The van der Waals surface area contributed by atoms with Crippen LogP contribution < -0.4 is 10.2 Å². The summed E-state index contributed by atoms with van der Waals surface area (Å²) in [7, 11) is 0. The molecule has 1 saturated heterocycles. The maximum Gasteiger partial charge on any atom is 0.244 e. The Labute approximate surface area is 170 Å². The minimum Gasteiger partial charge on any atom is -0.350 e. The Morgan fingerprint density at radius 1 is 1.00 bits per heavy atom. The Kier molecular flexibility index (Phi) is 4.61. The maximum atomic E-state index is 13.0. The van der Waals surface area contributed by atoms with Gasteiger partial charge in [-0.05, 0) is 54.9 Å². The van der Waals surface area contributed by atoms with Gasteiger partial charge in [-0.2, -0.15) is 0 Å². The molecule has 3 amide bonds. The van der Waals surface area contributed by atoms with Gasteiger partial charge in [0.2, 0.25) is 17.7 Å². The van der Waals surface area contributed by atoms with Crippen molar-refractivity contribution in [2.75, 3.05) is 4.90 Å². The number of hydrogen-bond acceptors (Lipinski definition) is 3. The summed E-state index contributed by atoms with van der Waals surface area (Å²) >= 11 is 0. The highest BCUT2D eigenvalue weighted by atomic mass is 16.2. The normalized spacial score (nSPS) is 31.1. The van der Waals surface area contributed by atoms with Crippen molar-refractivity contribution in [1.29, 1.82) is 0 Å². The van der Waals surface area contributed by atoms with Crippen LogP contribution in [0.2, 0.25) is 0 Å². The van der Waals surface area contributed by atoms with Crippen molar-refractivity contribution < 1.29 is 14.4 Å². The summed E-state index contributed by atoms with van der Waals surface area (Å²) in [6.45, 7) is 0. The quantitative estimate of drug-likeness (QED) is 0.486. The molecule has 150 valence electrons. The third kappa shape index (κ3) is 3.22. The molecular weight excluding hydrogens is 364 g/mol. The van der Waals surface area contributed by atoms with Crippen molar-refractivity contribution in [3.05, 3.63) is 48.1 Å². The average molecular weight is 390 g/mol. The SMILES string of the molecule is O=C(/C=C/c1cccc(N2C(=O)[C@@H]3[C@H](C2=O)[C@H]2C=C[C@@H]3C2)c1)NC1CCCCC1. The van der Waals surface area contributed by atoms with Crippen LogP contribution in [0.1, 0.15) is 44.1 Å². The van der Waals surface area contributed by atoms with E-state index < -0.39 is 0 Å². The molecule has 4 atom stereocenters. The van der Waals surface area contributed by atoms with Crippen LogP contribution in [0.4, 0.5) is 5.69 Å². The van der Waals surface area contributed by atoms with Gasteiger partial charge in [0.05, 0.1) is 17.5 Å². The van der Waals surface area contributed by atoms with E-state index >= 15 is 0 Å². The largest absolute Gasteiger partial charge is 0.350 e. The molecule has 3 aliphatic carbocycles. The van der Waals surface area contributed by atoms with E-state index in [0.29, 0.717) is 5.69 Å². The van der Waals surface area contributed by atoms with E-state index in [0.717, 1.165) is 24.8 Å². The summed E-state index contributed by atoms with van der Waals surface area (Å²) < 4.78 is 0. The molecule has 5 heteroatoms. The van der Waals surface area contributed by atoms with Gasteiger partial charge < -0.3 is 5.32 Å². The molecule has 4 aliphatic rings. The van der Waals surface area contributed by atoms with Crippen molar-refractivity contribution in [3.8, 4) is 0 Å². The van der Waals surface area contributed by atoms with Crippen LogP contribution in [-0.2, 0) is 14.4 Å². The molecule has 5 rings (SSSR count). The molecule has 29 heavy (non-hydrogen) atoms. The molecule has 1 heterocycles. The van der Waals surface area contributed by atoms with E-state index in [-0.39, 0.29) is 47.4 Å². The van der Waals surface area contributed by atoms with Gasteiger partial charge in [0, 0.05) is 12.1 Å². The number of nitrogens with one attached hydrogen (secondary N) is 1. The molecule has 2 bridgehead atoms. The number of anilines is 1. The molecule has 0 spiro atoms. The van der Waals surface area contributed by atoms with Gasteiger partial charge >= 0.3 is 0 Å². The van der Waals surface area contributed by atoms with E-state index in [1.807, 2.05) is 18.2 Å². The number of nitrogens with zero attached hydrogens (tertiary/aromatic N) is 1. The summed E-state index contributed by atoms with van der Waals surface area (Å²) in [6.07, 6.45) is 14.1. The fourth-order valence-corrected chi connectivity index (χ4v) is 5.59. The second-order valence-electron chi connectivity index (χ2n) is 8.78. The third-order valence-corrected chi connectivity index (χ3v) is 6.98. The first-order valence-corrected chi connectivity index (χ1v) is 10.8. The van der Waals surface area contributed by atoms with Crippen molar-refractivity contribution in [2.24, 2.45) is 23.7 Å². The number of amides is 3. The van der Waals surface area contributed by atoms with Crippen molar-refractivity contribution >= 4 is 29.5 Å². The lowest BCUT2D eigenvalue weighted by Crippen LogP contribution is -2.34. The Bertz CT molecular complexity index is 882. The summed E-state index contributed by atoms with van der Waals surface area (Å²) in [5.41, 5.74) is 1.41. The highest BCUT2D eigenvalue weighted by Gasteiger charge is 2.59. The summed E-state index contributed by atoms with van der Waals surface area (Å²) in [4.78, 5) is 39.5. The van der Waals surface area contributed by atoms with E-state index in [1.165, 1.54) is 24.2 Å². The highest BCUT2D eigenvalue weighted by Crippen LogP contribution is 2.53. The van der Waals surface area contributed by atoms with Gasteiger partial charge in [-0.3, -0.25) is 14.4 Å². The maximum absolute atomic E-state index is 13.0. The molecular formula is C24H26N2O3. The van der Waals surface area contributed by atoms with Crippen molar-refractivity contribution in [3.63, 3.8) is 0 Å². The minimum atomic E-state index is -0.196. The molecule has 0 aromatic heterocycles. The second-order valence-corrected chi connectivity index (χ2v) is 8.78. The van der Waals surface area contributed by atoms with Crippen molar-refractivity contribution in [2.45, 2.75) is 44.6 Å².